The minimum atomic E-state index is 0.0769. The topological polar surface area (TPSA) is 26.3 Å². The summed E-state index contributed by atoms with van der Waals surface area (Å²) in [5.41, 5.74) is 2.26. The predicted octanol–water partition coefficient (Wildman–Crippen LogP) is 2.71. The van der Waals surface area contributed by atoms with Crippen molar-refractivity contribution in [3.63, 3.8) is 0 Å². The highest BCUT2D eigenvalue weighted by molar-refractivity contribution is 6.43. The Morgan fingerprint density at radius 2 is 2.06 bits per heavy atom. The van der Waals surface area contributed by atoms with Crippen LogP contribution in [0.25, 0.3) is 0 Å². The quantitative estimate of drug-likeness (QED) is 0.805. The minimum absolute atomic E-state index is 0.0769. The van der Waals surface area contributed by atoms with Crippen LogP contribution in [-0.2, 0) is 16.0 Å². The molecule has 2 atom stereocenters. The van der Waals surface area contributed by atoms with Gasteiger partial charge in [-0.1, -0.05) is 41.9 Å². The minimum Gasteiger partial charge on any atom is -0.373 e. The predicted molar refractivity (Wildman–Crippen MR) is 65.9 cm³/mol. The molecular weight excluding hydrogens is 236 g/mol. The lowest BCUT2D eigenvalue weighted by Crippen LogP contribution is -2.19. The van der Waals surface area contributed by atoms with Crippen molar-refractivity contribution in [2.24, 2.45) is 5.92 Å². The molecule has 0 saturated carbocycles. The summed E-state index contributed by atoms with van der Waals surface area (Å²) in [6.07, 6.45) is 1.48. The van der Waals surface area contributed by atoms with Gasteiger partial charge in [0.15, 0.2) is 5.78 Å². The molecule has 0 bridgehead atoms. The number of fused-ring (bicyclic) bond motifs is 1. The fraction of sp³-hybridized carbons (Fsp3) is 0.357. The van der Waals surface area contributed by atoms with E-state index in [1.165, 1.54) is 5.56 Å². The number of hydrogen-bond acceptors (Lipinski definition) is 2. The Balaban J connectivity index is 1.78. The third kappa shape index (κ3) is 1.92. The van der Waals surface area contributed by atoms with Crippen molar-refractivity contribution in [3.8, 4) is 0 Å². The fourth-order valence-electron chi connectivity index (χ4n) is 2.64. The lowest BCUT2D eigenvalue weighted by molar-refractivity contribution is -0.115. The number of halogens is 1. The number of allylic oxidation sites excluding steroid dienone is 1. The van der Waals surface area contributed by atoms with E-state index in [0.717, 1.165) is 12.0 Å². The van der Waals surface area contributed by atoms with Gasteiger partial charge < -0.3 is 4.74 Å². The van der Waals surface area contributed by atoms with Gasteiger partial charge >= 0.3 is 0 Å². The molecule has 0 radical (unpaired) electrons. The lowest BCUT2D eigenvalue weighted by atomic mass is 9.93. The zero-order chi connectivity index (χ0) is 11.8. The molecule has 3 rings (SSSR count). The second kappa shape index (κ2) is 4.28. The van der Waals surface area contributed by atoms with Crippen LogP contribution in [0.5, 0.6) is 0 Å². The Kier molecular flexibility index (Phi) is 2.77. The first-order chi connectivity index (χ1) is 8.25. The first-order valence-electron chi connectivity index (χ1n) is 5.83. The fourth-order valence-corrected chi connectivity index (χ4v) is 2.91. The van der Waals surface area contributed by atoms with Crippen molar-refractivity contribution >= 4 is 17.4 Å². The second-order valence-electron chi connectivity index (χ2n) is 4.61. The maximum Gasteiger partial charge on any atom is 0.174 e. The maximum atomic E-state index is 11.5. The molecule has 1 fully saturated rings. The van der Waals surface area contributed by atoms with Crippen LogP contribution in [0.15, 0.2) is 40.9 Å². The van der Waals surface area contributed by atoms with Crippen molar-refractivity contribution in [2.45, 2.75) is 18.9 Å². The van der Waals surface area contributed by atoms with Gasteiger partial charge in [0.05, 0.1) is 17.7 Å². The Morgan fingerprint density at radius 1 is 1.29 bits per heavy atom. The number of rotatable bonds is 2. The SMILES string of the molecule is O=C1C[C@H]2C(=C1Cl)CO[C@@H]2Cc1ccccc1. The highest BCUT2D eigenvalue weighted by Crippen LogP contribution is 2.40. The molecule has 88 valence electrons. The summed E-state index contributed by atoms with van der Waals surface area (Å²) in [6, 6.07) is 10.2. The summed E-state index contributed by atoms with van der Waals surface area (Å²) < 4.78 is 5.75. The summed E-state index contributed by atoms with van der Waals surface area (Å²) in [5.74, 6) is 0.281. The molecule has 2 aliphatic rings. The van der Waals surface area contributed by atoms with Crippen molar-refractivity contribution < 1.29 is 9.53 Å². The average molecular weight is 249 g/mol. The molecule has 0 spiro atoms. The molecule has 0 amide bonds. The summed E-state index contributed by atoms with van der Waals surface area (Å²) in [6.45, 7) is 0.521. The number of Topliss-reactive ketones (excluding diaryl/α,β-unsaturated/α-hetero) is 1. The third-order valence-corrected chi connectivity index (χ3v) is 4.01. The van der Waals surface area contributed by atoms with Gasteiger partial charge in [0, 0.05) is 12.3 Å². The van der Waals surface area contributed by atoms with Gasteiger partial charge in [-0.15, -0.1) is 0 Å². The number of benzene rings is 1. The lowest BCUT2D eigenvalue weighted by Gasteiger charge is -2.15. The largest absolute Gasteiger partial charge is 0.373 e. The van der Waals surface area contributed by atoms with Gasteiger partial charge in [0.1, 0.15) is 0 Å². The smallest absolute Gasteiger partial charge is 0.174 e. The van der Waals surface area contributed by atoms with Gasteiger partial charge in [0.2, 0.25) is 0 Å². The number of ketones is 1. The molecule has 1 aromatic carbocycles. The van der Waals surface area contributed by atoms with E-state index in [-0.39, 0.29) is 17.8 Å². The van der Waals surface area contributed by atoms with E-state index >= 15 is 0 Å². The highest BCUT2D eigenvalue weighted by Gasteiger charge is 2.41. The normalized spacial score (nSPS) is 27.7. The zero-order valence-corrected chi connectivity index (χ0v) is 10.1. The molecule has 1 saturated heterocycles. The molecule has 1 aliphatic heterocycles. The van der Waals surface area contributed by atoms with Crippen LogP contribution < -0.4 is 0 Å². The van der Waals surface area contributed by atoms with Crippen molar-refractivity contribution in [1.29, 1.82) is 0 Å². The molecule has 1 heterocycles. The van der Waals surface area contributed by atoms with Gasteiger partial charge in [-0.2, -0.15) is 0 Å². The Bertz CT molecular complexity index is 478. The standard InChI is InChI=1S/C14H13ClO2/c15-14-11-8-17-13(10(11)7-12(14)16)6-9-4-2-1-3-5-9/h1-5,10,13H,6-8H2/t10-,13+/m0/s1. The summed E-state index contributed by atoms with van der Waals surface area (Å²) in [7, 11) is 0. The van der Waals surface area contributed by atoms with E-state index in [9.17, 15) is 4.79 Å². The van der Waals surface area contributed by atoms with E-state index in [1.54, 1.807) is 0 Å². The van der Waals surface area contributed by atoms with Crippen LogP contribution in [0.1, 0.15) is 12.0 Å². The zero-order valence-electron chi connectivity index (χ0n) is 9.36. The number of ether oxygens (including phenoxy) is 1. The van der Waals surface area contributed by atoms with Gasteiger partial charge in [-0.05, 0) is 17.6 Å². The van der Waals surface area contributed by atoms with Crippen LogP contribution in [0.2, 0.25) is 0 Å². The molecule has 3 heteroatoms. The summed E-state index contributed by atoms with van der Waals surface area (Å²) in [4.78, 5) is 11.5. The van der Waals surface area contributed by atoms with Crippen LogP contribution in [-0.4, -0.2) is 18.5 Å². The van der Waals surface area contributed by atoms with Crippen LogP contribution in [0.4, 0.5) is 0 Å². The number of hydrogen-bond donors (Lipinski definition) is 0. The van der Waals surface area contributed by atoms with Crippen molar-refractivity contribution in [1.82, 2.24) is 0 Å². The van der Waals surface area contributed by atoms with Crippen LogP contribution >= 0.6 is 11.6 Å². The highest BCUT2D eigenvalue weighted by atomic mass is 35.5. The number of carbonyl (C=O) groups excluding carboxylic acids is 1. The van der Waals surface area contributed by atoms with Crippen LogP contribution in [0, 0.1) is 5.92 Å². The Hall–Kier alpha value is -1.12. The molecule has 1 aliphatic carbocycles. The Morgan fingerprint density at radius 3 is 2.82 bits per heavy atom. The summed E-state index contributed by atoms with van der Waals surface area (Å²) in [5, 5.41) is 0.422. The van der Waals surface area contributed by atoms with E-state index < -0.39 is 0 Å². The summed E-state index contributed by atoms with van der Waals surface area (Å²) >= 11 is 5.98. The average Bonchev–Trinajstić information content (AvgIpc) is 2.84. The van der Waals surface area contributed by atoms with E-state index in [2.05, 4.69) is 12.1 Å². The van der Waals surface area contributed by atoms with Gasteiger partial charge in [0.25, 0.3) is 0 Å². The third-order valence-electron chi connectivity index (χ3n) is 3.56. The van der Waals surface area contributed by atoms with Crippen LogP contribution in [0.3, 0.4) is 0 Å². The Labute approximate surface area is 105 Å². The van der Waals surface area contributed by atoms with Crippen molar-refractivity contribution in [2.75, 3.05) is 6.61 Å². The van der Waals surface area contributed by atoms with E-state index in [4.69, 9.17) is 16.3 Å². The molecule has 0 unspecified atom stereocenters. The molecule has 0 N–H and O–H groups in total. The van der Waals surface area contributed by atoms with Crippen molar-refractivity contribution in [3.05, 3.63) is 46.5 Å². The first-order valence-corrected chi connectivity index (χ1v) is 6.21. The van der Waals surface area contributed by atoms with E-state index in [0.29, 0.717) is 18.1 Å². The number of carbonyl (C=O) groups is 1. The second-order valence-corrected chi connectivity index (χ2v) is 4.99. The molecular formula is C14H13ClO2. The molecule has 1 aromatic rings. The van der Waals surface area contributed by atoms with E-state index in [1.807, 2.05) is 18.2 Å². The molecule has 0 aromatic heterocycles. The molecule has 17 heavy (non-hydrogen) atoms. The monoisotopic (exact) mass is 248 g/mol. The van der Waals surface area contributed by atoms with Gasteiger partial charge in [-0.3, -0.25) is 4.79 Å². The first kappa shape index (κ1) is 11.0. The van der Waals surface area contributed by atoms with Gasteiger partial charge in [-0.25, -0.2) is 0 Å². The molecule has 2 nitrogen and oxygen atoms in total. The maximum absolute atomic E-state index is 11.5.